The van der Waals surface area contributed by atoms with Crippen LogP contribution in [0, 0.1) is 0 Å². The molecule has 0 radical (unpaired) electrons. The molecule has 118 valence electrons. The normalized spacial score (nSPS) is 15.2. The average Bonchev–Trinajstić information content (AvgIpc) is 3.06. The maximum Gasteiger partial charge on any atom is 0.0692 e. The molecule has 0 spiro atoms. The molecule has 1 aliphatic heterocycles. The predicted molar refractivity (Wildman–Crippen MR) is 92.0 cm³/mol. The van der Waals surface area contributed by atoms with Gasteiger partial charge in [-0.3, -0.25) is 9.58 Å². The average molecular weight is 319 g/mol. The molecule has 0 N–H and O–H groups in total. The van der Waals surface area contributed by atoms with E-state index in [0.29, 0.717) is 0 Å². The van der Waals surface area contributed by atoms with Crippen molar-refractivity contribution in [2.45, 2.75) is 25.8 Å². The van der Waals surface area contributed by atoms with E-state index in [1.54, 1.807) is 6.20 Å². The molecule has 5 heteroatoms. The van der Waals surface area contributed by atoms with Crippen molar-refractivity contribution in [3.8, 4) is 0 Å². The van der Waals surface area contributed by atoms with E-state index in [-0.39, 0.29) is 12.4 Å². The van der Waals surface area contributed by atoms with Gasteiger partial charge in [0, 0.05) is 25.8 Å². The summed E-state index contributed by atoms with van der Waals surface area (Å²) < 4.78 is 1.91. The number of nitrogens with zero attached hydrogens (tertiary/aromatic N) is 4. The van der Waals surface area contributed by atoms with Gasteiger partial charge >= 0.3 is 0 Å². The van der Waals surface area contributed by atoms with E-state index in [2.05, 4.69) is 51.6 Å². The van der Waals surface area contributed by atoms with Crippen LogP contribution in [0.3, 0.4) is 0 Å². The van der Waals surface area contributed by atoms with E-state index < -0.39 is 0 Å². The second-order valence-corrected chi connectivity index (χ2v) is 5.52. The summed E-state index contributed by atoms with van der Waals surface area (Å²) in [6, 6.07) is 10.7. The Labute approximate surface area is 138 Å². The molecule has 0 saturated heterocycles. The second-order valence-electron chi connectivity index (χ2n) is 5.52. The summed E-state index contributed by atoms with van der Waals surface area (Å²) in [5.41, 5.74) is 2.87. The maximum absolute atomic E-state index is 3.99. The molecule has 2 aromatic rings. The molecule has 0 amide bonds. The Morgan fingerprint density at radius 3 is 2.55 bits per heavy atom. The molecular weight excluding hydrogens is 296 g/mol. The largest absolute Gasteiger partial charge is 0.299 e. The number of benzene rings is 1. The Hall–Kier alpha value is -1.65. The van der Waals surface area contributed by atoms with Gasteiger partial charge in [0.05, 0.1) is 6.20 Å². The van der Waals surface area contributed by atoms with Crippen LogP contribution < -0.4 is 0 Å². The number of hydrogen-bond acceptors (Lipinski definition) is 3. The maximum atomic E-state index is 3.99. The molecule has 0 aliphatic carbocycles. The van der Waals surface area contributed by atoms with Gasteiger partial charge in [-0.25, -0.2) is 0 Å². The van der Waals surface area contributed by atoms with Crippen LogP contribution in [0.15, 0.2) is 48.8 Å². The van der Waals surface area contributed by atoms with Crippen molar-refractivity contribution in [1.82, 2.24) is 19.9 Å². The first kappa shape index (κ1) is 16.7. The zero-order valence-electron chi connectivity index (χ0n) is 12.8. The van der Waals surface area contributed by atoms with Gasteiger partial charge in [0.25, 0.3) is 0 Å². The van der Waals surface area contributed by atoms with Crippen molar-refractivity contribution >= 4 is 18.0 Å². The molecule has 1 aromatic heterocycles. The minimum Gasteiger partial charge on any atom is -0.299 e. The second kappa shape index (κ2) is 8.71. The van der Waals surface area contributed by atoms with Crippen molar-refractivity contribution in [1.29, 1.82) is 0 Å². The van der Waals surface area contributed by atoms with Gasteiger partial charge in [-0.15, -0.1) is 17.5 Å². The lowest BCUT2D eigenvalue weighted by Gasteiger charge is -2.26. The smallest absolute Gasteiger partial charge is 0.0692 e. The molecule has 2 heterocycles. The van der Waals surface area contributed by atoms with E-state index in [0.717, 1.165) is 25.9 Å². The van der Waals surface area contributed by atoms with Crippen LogP contribution in [0.5, 0.6) is 0 Å². The van der Waals surface area contributed by atoms with Gasteiger partial charge < -0.3 is 0 Å². The zero-order valence-corrected chi connectivity index (χ0v) is 13.6. The Morgan fingerprint density at radius 1 is 1.05 bits per heavy atom. The van der Waals surface area contributed by atoms with Crippen LogP contribution in [0.4, 0.5) is 0 Å². The first-order valence-corrected chi connectivity index (χ1v) is 7.73. The number of unbranched alkanes of at least 4 members (excludes halogenated alkanes) is 1. The van der Waals surface area contributed by atoms with Crippen LogP contribution >= 0.6 is 12.4 Å². The van der Waals surface area contributed by atoms with E-state index in [9.17, 15) is 0 Å². The summed E-state index contributed by atoms with van der Waals surface area (Å²) in [6.07, 6.45) is 9.59. The Kier molecular flexibility index (Phi) is 6.62. The fraction of sp³-hybridized carbons (Fsp3) is 0.412. The fourth-order valence-corrected chi connectivity index (χ4v) is 2.79. The van der Waals surface area contributed by atoms with Crippen LogP contribution in [0.1, 0.15) is 24.8 Å². The van der Waals surface area contributed by atoms with Crippen molar-refractivity contribution in [3.05, 3.63) is 54.4 Å². The lowest BCUT2D eigenvalue weighted by molar-refractivity contribution is 0.291. The first-order chi connectivity index (χ1) is 10.4. The molecular formula is C17H23ClN4. The van der Waals surface area contributed by atoms with Crippen molar-refractivity contribution in [2.75, 3.05) is 19.6 Å². The molecule has 4 nitrogen and oxygen atoms in total. The number of rotatable bonds is 6. The minimum atomic E-state index is 0. The Morgan fingerprint density at radius 2 is 1.86 bits per heavy atom. The lowest BCUT2D eigenvalue weighted by Crippen LogP contribution is -2.29. The third-order valence-corrected chi connectivity index (χ3v) is 4.02. The SMILES string of the molecule is C1=C(c2ccccc2)CCN(CCCCn2ccnn2)C1.Cl. The summed E-state index contributed by atoms with van der Waals surface area (Å²) in [5.74, 6) is 0. The number of aryl methyl sites for hydroxylation is 1. The number of halogens is 1. The molecule has 3 rings (SSSR count). The summed E-state index contributed by atoms with van der Waals surface area (Å²) in [6.45, 7) is 4.39. The standard InChI is InChI=1S/C17H22N4.ClH/c1-2-6-16(7-3-1)17-8-13-20(14-9-17)11-4-5-12-21-15-10-18-19-21;/h1-3,6-8,10,15H,4-5,9,11-14H2;1H. The summed E-state index contributed by atoms with van der Waals surface area (Å²) in [5, 5.41) is 7.81. The monoisotopic (exact) mass is 318 g/mol. The molecule has 1 aliphatic rings. The van der Waals surface area contributed by atoms with Crippen LogP contribution in [-0.4, -0.2) is 39.5 Å². The Balaban J connectivity index is 0.00000176. The predicted octanol–water partition coefficient (Wildman–Crippen LogP) is 3.27. The molecule has 0 fully saturated rings. The van der Waals surface area contributed by atoms with Gasteiger partial charge in [0.2, 0.25) is 0 Å². The molecule has 1 aromatic carbocycles. The van der Waals surface area contributed by atoms with Crippen LogP contribution in [-0.2, 0) is 6.54 Å². The van der Waals surface area contributed by atoms with Gasteiger partial charge in [-0.1, -0.05) is 41.6 Å². The highest BCUT2D eigenvalue weighted by Gasteiger charge is 2.12. The first-order valence-electron chi connectivity index (χ1n) is 7.73. The molecule has 0 atom stereocenters. The number of aromatic nitrogens is 3. The lowest BCUT2D eigenvalue weighted by atomic mass is 9.99. The van der Waals surface area contributed by atoms with Gasteiger partial charge in [-0.05, 0) is 36.9 Å². The zero-order chi connectivity index (χ0) is 14.3. The van der Waals surface area contributed by atoms with Crippen LogP contribution in [0.25, 0.3) is 5.57 Å². The third-order valence-electron chi connectivity index (χ3n) is 4.02. The van der Waals surface area contributed by atoms with Gasteiger partial charge in [-0.2, -0.15) is 0 Å². The Bertz CT molecular complexity index is 566. The van der Waals surface area contributed by atoms with E-state index >= 15 is 0 Å². The topological polar surface area (TPSA) is 34.0 Å². The van der Waals surface area contributed by atoms with Crippen molar-refractivity contribution in [2.24, 2.45) is 0 Å². The van der Waals surface area contributed by atoms with E-state index in [4.69, 9.17) is 0 Å². The highest BCUT2D eigenvalue weighted by Crippen LogP contribution is 2.21. The highest BCUT2D eigenvalue weighted by molar-refractivity contribution is 5.85. The van der Waals surface area contributed by atoms with E-state index in [1.807, 2.05) is 10.9 Å². The number of hydrogen-bond donors (Lipinski definition) is 0. The molecule has 0 saturated carbocycles. The van der Waals surface area contributed by atoms with E-state index in [1.165, 1.54) is 30.6 Å². The highest BCUT2D eigenvalue weighted by atomic mass is 35.5. The third kappa shape index (κ3) is 4.68. The van der Waals surface area contributed by atoms with Crippen molar-refractivity contribution < 1.29 is 0 Å². The quantitative estimate of drug-likeness (QED) is 0.767. The van der Waals surface area contributed by atoms with Crippen LogP contribution in [0.2, 0.25) is 0 Å². The summed E-state index contributed by atoms with van der Waals surface area (Å²) in [7, 11) is 0. The fourth-order valence-electron chi connectivity index (χ4n) is 2.79. The van der Waals surface area contributed by atoms with Gasteiger partial charge in [0.1, 0.15) is 0 Å². The molecule has 22 heavy (non-hydrogen) atoms. The molecule has 0 bridgehead atoms. The van der Waals surface area contributed by atoms with Crippen molar-refractivity contribution in [3.63, 3.8) is 0 Å². The summed E-state index contributed by atoms with van der Waals surface area (Å²) >= 11 is 0. The summed E-state index contributed by atoms with van der Waals surface area (Å²) in [4.78, 5) is 2.54. The molecule has 0 unspecified atom stereocenters. The minimum absolute atomic E-state index is 0. The van der Waals surface area contributed by atoms with Gasteiger partial charge in [0.15, 0.2) is 0 Å².